The summed E-state index contributed by atoms with van der Waals surface area (Å²) in [5.74, 6) is -0.710. The lowest BCUT2D eigenvalue weighted by Gasteiger charge is -2.12. The van der Waals surface area contributed by atoms with Crippen molar-refractivity contribution < 1.29 is 19.1 Å². The summed E-state index contributed by atoms with van der Waals surface area (Å²) < 4.78 is 9.99. The summed E-state index contributed by atoms with van der Waals surface area (Å²) in [4.78, 5) is 22.5. The first-order valence-electron chi connectivity index (χ1n) is 5.55. The molecule has 4 nitrogen and oxygen atoms in total. The van der Waals surface area contributed by atoms with Crippen LogP contribution in [0.4, 0.5) is 0 Å². The number of carbonyl (C=O) groups is 2. The summed E-state index contributed by atoms with van der Waals surface area (Å²) in [5.41, 5.74) is 0.488. The highest BCUT2D eigenvalue weighted by Crippen LogP contribution is 2.03. The minimum atomic E-state index is -0.421. The number of hydrogen-bond donors (Lipinski definition) is 0. The lowest BCUT2D eigenvalue weighted by molar-refractivity contribution is -0.149. The zero-order valence-corrected chi connectivity index (χ0v) is 10.0. The van der Waals surface area contributed by atoms with Gasteiger partial charge < -0.3 is 9.47 Å². The predicted molar refractivity (Wildman–Crippen MR) is 62.6 cm³/mol. The van der Waals surface area contributed by atoms with Gasteiger partial charge in [0.05, 0.1) is 5.56 Å². The Kier molecular flexibility index (Phi) is 5.20. The van der Waals surface area contributed by atoms with Crippen molar-refractivity contribution in [2.45, 2.75) is 26.4 Å². The van der Waals surface area contributed by atoms with Gasteiger partial charge in [0.15, 0.2) is 0 Å². The van der Waals surface area contributed by atoms with E-state index in [1.807, 2.05) is 6.07 Å². The van der Waals surface area contributed by atoms with Crippen molar-refractivity contribution in [3.05, 3.63) is 35.9 Å². The molecule has 0 N–H and O–H groups in total. The number of hydrogen-bond acceptors (Lipinski definition) is 4. The lowest BCUT2D eigenvalue weighted by Crippen LogP contribution is -2.22. The summed E-state index contributed by atoms with van der Waals surface area (Å²) >= 11 is 0. The summed E-state index contributed by atoms with van der Waals surface area (Å²) in [6.45, 7) is 3.47. The molecule has 0 saturated heterocycles. The Balaban J connectivity index is 2.36. The van der Waals surface area contributed by atoms with E-state index < -0.39 is 12.1 Å². The SMILES string of the molecule is CCC(=O)O[C@H](C)COC(=O)c1ccccc1. The monoisotopic (exact) mass is 236 g/mol. The number of carbonyl (C=O) groups excluding carboxylic acids is 2. The van der Waals surface area contributed by atoms with Crippen LogP contribution in [0, 0.1) is 0 Å². The first-order valence-corrected chi connectivity index (χ1v) is 5.55. The highest BCUT2D eigenvalue weighted by molar-refractivity contribution is 5.89. The molecule has 17 heavy (non-hydrogen) atoms. The second-order valence-electron chi connectivity index (χ2n) is 3.62. The van der Waals surface area contributed by atoms with Crippen molar-refractivity contribution in [1.29, 1.82) is 0 Å². The molecule has 0 aromatic heterocycles. The van der Waals surface area contributed by atoms with Gasteiger partial charge in [0.2, 0.25) is 0 Å². The summed E-state index contributed by atoms with van der Waals surface area (Å²) in [6, 6.07) is 8.69. The Labute approximate surface area is 101 Å². The molecule has 0 aliphatic rings. The lowest BCUT2D eigenvalue weighted by atomic mass is 10.2. The van der Waals surface area contributed by atoms with Gasteiger partial charge in [0.1, 0.15) is 12.7 Å². The van der Waals surface area contributed by atoms with E-state index in [0.29, 0.717) is 12.0 Å². The topological polar surface area (TPSA) is 52.6 Å². The molecule has 4 heteroatoms. The zero-order chi connectivity index (χ0) is 12.7. The molecule has 0 saturated carbocycles. The van der Waals surface area contributed by atoms with Crippen molar-refractivity contribution in [2.24, 2.45) is 0 Å². The molecule has 0 heterocycles. The maximum atomic E-state index is 11.5. The van der Waals surface area contributed by atoms with E-state index in [2.05, 4.69) is 0 Å². The first-order chi connectivity index (χ1) is 8.13. The summed E-state index contributed by atoms with van der Waals surface area (Å²) in [7, 11) is 0. The van der Waals surface area contributed by atoms with Crippen molar-refractivity contribution in [2.75, 3.05) is 6.61 Å². The minimum Gasteiger partial charge on any atom is -0.459 e. The summed E-state index contributed by atoms with van der Waals surface area (Å²) in [5, 5.41) is 0. The molecule has 0 fully saturated rings. The van der Waals surface area contributed by atoms with Crippen LogP contribution in [0.1, 0.15) is 30.6 Å². The van der Waals surface area contributed by atoms with Gasteiger partial charge in [-0.25, -0.2) is 4.79 Å². The molecule has 0 unspecified atom stereocenters. The quantitative estimate of drug-likeness (QED) is 0.735. The maximum Gasteiger partial charge on any atom is 0.338 e. The second-order valence-corrected chi connectivity index (χ2v) is 3.62. The molecular weight excluding hydrogens is 220 g/mol. The number of esters is 2. The highest BCUT2D eigenvalue weighted by Gasteiger charge is 2.11. The molecule has 0 aliphatic heterocycles. The number of ether oxygens (including phenoxy) is 2. The number of benzene rings is 1. The van der Waals surface area contributed by atoms with Gasteiger partial charge in [-0.15, -0.1) is 0 Å². The molecule has 1 aromatic carbocycles. The van der Waals surface area contributed by atoms with E-state index in [4.69, 9.17) is 9.47 Å². The Morgan fingerprint density at radius 2 is 1.88 bits per heavy atom. The van der Waals surface area contributed by atoms with Crippen LogP contribution in [0.5, 0.6) is 0 Å². The summed E-state index contributed by atoms with van der Waals surface area (Å²) in [6.07, 6.45) is -0.105. The molecule has 1 atom stereocenters. The number of rotatable bonds is 5. The van der Waals surface area contributed by atoms with Crippen LogP contribution in [-0.4, -0.2) is 24.6 Å². The third kappa shape index (κ3) is 4.68. The van der Waals surface area contributed by atoms with E-state index in [1.54, 1.807) is 38.1 Å². The average molecular weight is 236 g/mol. The smallest absolute Gasteiger partial charge is 0.338 e. The third-order valence-corrected chi connectivity index (χ3v) is 2.08. The van der Waals surface area contributed by atoms with Crippen LogP contribution in [0.15, 0.2) is 30.3 Å². The molecule has 0 spiro atoms. The maximum absolute atomic E-state index is 11.5. The molecule has 1 aromatic rings. The van der Waals surface area contributed by atoms with E-state index in [1.165, 1.54) is 0 Å². The first kappa shape index (κ1) is 13.2. The molecule has 0 radical (unpaired) electrons. The van der Waals surface area contributed by atoms with Crippen LogP contribution in [0.2, 0.25) is 0 Å². The molecule has 0 bridgehead atoms. The Morgan fingerprint density at radius 3 is 2.47 bits per heavy atom. The average Bonchev–Trinajstić information content (AvgIpc) is 2.36. The van der Waals surface area contributed by atoms with Gasteiger partial charge in [-0.1, -0.05) is 25.1 Å². The molecule has 1 rings (SSSR count). The van der Waals surface area contributed by atoms with Gasteiger partial charge in [-0.3, -0.25) is 4.79 Å². The van der Waals surface area contributed by atoms with E-state index in [-0.39, 0.29) is 12.6 Å². The Morgan fingerprint density at radius 1 is 1.24 bits per heavy atom. The minimum absolute atomic E-state index is 0.0689. The molecule has 0 amide bonds. The van der Waals surface area contributed by atoms with E-state index in [9.17, 15) is 9.59 Å². The van der Waals surface area contributed by atoms with Gasteiger partial charge in [0.25, 0.3) is 0 Å². The van der Waals surface area contributed by atoms with Gasteiger partial charge in [0, 0.05) is 6.42 Å². The Bertz CT molecular complexity index is 372. The van der Waals surface area contributed by atoms with E-state index >= 15 is 0 Å². The molecule has 0 aliphatic carbocycles. The fourth-order valence-corrected chi connectivity index (χ4v) is 1.19. The fourth-order valence-electron chi connectivity index (χ4n) is 1.19. The third-order valence-electron chi connectivity index (χ3n) is 2.08. The molecular formula is C13H16O4. The van der Waals surface area contributed by atoms with E-state index in [0.717, 1.165) is 0 Å². The largest absolute Gasteiger partial charge is 0.459 e. The van der Waals surface area contributed by atoms with Crippen LogP contribution in [0.3, 0.4) is 0 Å². The Hall–Kier alpha value is -1.84. The van der Waals surface area contributed by atoms with Crippen LogP contribution in [0.25, 0.3) is 0 Å². The van der Waals surface area contributed by atoms with Gasteiger partial charge in [-0.05, 0) is 19.1 Å². The van der Waals surface area contributed by atoms with Crippen molar-refractivity contribution >= 4 is 11.9 Å². The second kappa shape index (κ2) is 6.68. The fraction of sp³-hybridized carbons (Fsp3) is 0.385. The van der Waals surface area contributed by atoms with Gasteiger partial charge >= 0.3 is 11.9 Å². The predicted octanol–water partition coefficient (Wildman–Crippen LogP) is 2.19. The van der Waals surface area contributed by atoms with Crippen molar-refractivity contribution in [1.82, 2.24) is 0 Å². The van der Waals surface area contributed by atoms with Gasteiger partial charge in [-0.2, -0.15) is 0 Å². The van der Waals surface area contributed by atoms with Crippen LogP contribution >= 0.6 is 0 Å². The highest BCUT2D eigenvalue weighted by atomic mass is 16.6. The normalized spacial score (nSPS) is 11.6. The zero-order valence-electron chi connectivity index (χ0n) is 10.0. The standard InChI is InChI=1S/C13H16O4/c1-3-12(14)17-10(2)9-16-13(15)11-7-5-4-6-8-11/h4-8,10H,3,9H2,1-2H3/t10-/m1/s1. The van der Waals surface area contributed by atoms with Crippen molar-refractivity contribution in [3.63, 3.8) is 0 Å². The van der Waals surface area contributed by atoms with Crippen molar-refractivity contribution in [3.8, 4) is 0 Å². The van der Waals surface area contributed by atoms with Crippen LogP contribution in [-0.2, 0) is 14.3 Å². The molecule has 92 valence electrons. The van der Waals surface area contributed by atoms with Crippen LogP contribution < -0.4 is 0 Å².